The standard InChI is InChI=1S/C21H25N3O4S/c25-20(14-15-22-29(27,28)19-8-2-1-3-9-19)23-18-12-10-16(11-13-18)21(26)24-17-6-4-5-7-17/h1-3,8-13,17,22H,4-7,14-15H2,(H,23,25)(H,24,26). The van der Waals surface area contributed by atoms with Gasteiger partial charge < -0.3 is 10.6 Å². The summed E-state index contributed by atoms with van der Waals surface area (Å²) in [6.45, 7) is -0.00899. The van der Waals surface area contributed by atoms with Crippen molar-refractivity contribution in [2.24, 2.45) is 0 Å². The number of carbonyl (C=O) groups excluding carboxylic acids is 2. The highest BCUT2D eigenvalue weighted by atomic mass is 32.2. The molecule has 2 aromatic rings. The zero-order valence-electron chi connectivity index (χ0n) is 16.1. The lowest BCUT2D eigenvalue weighted by Gasteiger charge is -2.12. The van der Waals surface area contributed by atoms with Crippen LogP contribution in [-0.4, -0.2) is 32.8 Å². The van der Waals surface area contributed by atoms with Crippen molar-refractivity contribution < 1.29 is 18.0 Å². The lowest BCUT2D eigenvalue weighted by molar-refractivity contribution is -0.116. The summed E-state index contributed by atoms with van der Waals surface area (Å²) >= 11 is 0. The van der Waals surface area contributed by atoms with Crippen molar-refractivity contribution in [3.8, 4) is 0 Å². The molecular weight excluding hydrogens is 390 g/mol. The summed E-state index contributed by atoms with van der Waals surface area (Å²) in [5.41, 5.74) is 1.10. The summed E-state index contributed by atoms with van der Waals surface area (Å²) in [6, 6.07) is 14.9. The molecule has 0 unspecified atom stereocenters. The number of hydrogen-bond donors (Lipinski definition) is 3. The third-order valence-electron chi connectivity index (χ3n) is 4.82. The van der Waals surface area contributed by atoms with Crippen LogP contribution in [0.25, 0.3) is 0 Å². The summed E-state index contributed by atoms with van der Waals surface area (Å²) in [5, 5.41) is 5.72. The van der Waals surface area contributed by atoms with Crippen LogP contribution in [0.1, 0.15) is 42.5 Å². The second-order valence-corrected chi connectivity index (χ2v) is 8.81. The fourth-order valence-corrected chi connectivity index (χ4v) is 4.30. The first-order valence-electron chi connectivity index (χ1n) is 9.69. The summed E-state index contributed by atoms with van der Waals surface area (Å²) in [7, 11) is -3.63. The van der Waals surface area contributed by atoms with E-state index in [1.165, 1.54) is 12.1 Å². The Kier molecular flexibility index (Phi) is 7.00. The number of anilines is 1. The number of rotatable bonds is 8. The second kappa shape index (κ2) is 9.67. The van der Waals surface area contributed by atoms with Crippen LogP contribution < -0.4 is 15.4 Å². The first-order chi connectivity index (χ1) is 13.9. The van der Waals surface area contributed by atoms with Gasteiger partial charge in [0.2, 0.25) is 15.9 Å². The monoisotopic (exact) mass is 415 g/mol. The number of carbonyl (C=O) groups is 2. The molecule has 0 atom stereocenters. The molecule has 3 N–H and O–H groups in total. The average Bonchev–Trinajstić information content (AvgIpc) is 3.22. The molecule has 7 nitrogen and oxygen atoms in total. The van der Waals surface area contributed by atoms with Gasteiger partial charge in [-0.2, -0.15) is 0 Å². The minimum Gasteiger partial charge on any atom is -0.349 e. The van der Waals surface area contributed by atoms with E-state index in [2.05, 4.69) is 15.4 Å². The van der Waals surface area contributed by atoms with Crippen LogP contribution in [0.5, 0.6) is 0 Å². The lowest BCUT2D eigenvalue weighted by atomic mass is 10.1. The first-order valence-corrected chi connectivity index (χ1v) is 11.2. The van der Waals surface area contributed by atoms with E-state index in [4.69, 9.17) is 0 Å². The number of sulfonamides is 1. The molecule has 0 saturated heterocycles. The van der Waals surface area contributed by atoms with Gasteiger partial charge >= 0.3 is 0 Å². The molecule has 2 amide bonds. The van der Waals surface area contributed by atoms with Crippen LogP contribution >= 0.6 is 0 Å². The quantitative estimate of drug-likeness (QED) is 0.616. The minimum absolute atomic E-state index is 0.00399. The molecule has 0 aliphatic heterocycles. The van der Waals surface area contributed by atoms with E-state index in [-0.39, 0.29) is 35.7 Å². The SMILES string of the molecule is O=C(CCNS(=O)(=O)c1ccccc1)Nc1ccc(C(=O)NC2CCCC2)cc1. The fraction of sp³-hybridized carbons (Fsp3) is 0.333. The Balaban J connectivity index is 1.45. The van der Waals surface area contributed by atoms with E-state index in [1.54, 1.807) is 42.5 Å². The largest absolute Gasteiger partial charge is 0.349 e. The second-order valence-electron chi connectivity index (χ2n) is 7.04. The van der Waals surface area contributed by atoms with Gasteiger partial charge in [0.1, 0.15) is 0 Å². The highest BCUT2D eigenvalue weighted by Crippen LogP contribution is 2.18. The Bertz CT molecular complexity index is 938. The average molecular weight is 416 g/mol. The molecule has 0 aromatic heterocycles. The Hall–Kier alpha value is -2.71. The molecule has 2 aromatic carbocycles. The molecule has 29 heavy (non-hydrogen) atoms. The highest BCUT2D eigenvalue weighted by molar-refractivity contribution is 7.89. The van der Waals surface area contributed by atoms with E-state index >= 15 is 0 Å². The smallest absolute Gasteiger partial charge is 0.251 e. The first kappa shape index (κ1) is 21.0. The molecule has 1 aliphatic carbocycles. The van der Waals surface area contributed by atoms with Gasteiger partial charge in [-0.05, 0) is 49.2 Å². The van der Waals surface area contributed by atoms with Gasteiger partial charge in [-0.1, -0.05) is 31.0 Å². The third kappa shape index (κ3) is 6.13. The van der Waals surface area contributed by atoms with Crippen molar-refractivity contribution in [3.63, 3.8) is 0 Å². The van der Waals surface area contributed by atoms with Crippen LogP contribution in [0.2, 0.25) is 0 Å². The van der Waals surface area contributed by atoms with Gasteiger partial charge in [0.25, 0.3) is 5.91 Å². The molecule has 0 spiro atoms. The van der Waals surface area contributed by atoms with Crippen LogP contribution in [0.4, 0.5) is 5.69 Å². The summed E-state index contributed by atoms with van der Waals surface area (Å²) in [4.78, 5) is 24.4. The van der Waals surface area contributed by atoms with Crippen LogP contribution in [-0.2, 0) is 14.8 Å². The van der Waals surface area contributed by atoms with E-state index < -0.39 is 10.0 Å². The van der Waals surface area contributed by atoms with Gasteiger partial charge in [-0.15, -0.1) is 0 Å². The zero-order valence-corrected chi connectivity index (χ0v) is 16.9. The number of nitrogens with one attached hydrogen (secondary N) is 3. The highest BCUT2D eigenvalue weighted by Gasteiger charge is 2.18. The number of benzene rings is 2. The zero-order chi connectivity index (χ0) is 20.7. The predicted octanol–water partition coefficient (Wildman–Crippen LogP) is 2.67. The normalized spacial score (nSPS) is 14.5. The molecule has 1 aliphatic rings. The molecule has 1 fully saturated rings. The Morgan fingerprint density at radius 1 is 0.931 bits per heavy atom. The van der Waals surface area contributed by atoms with Gasteiger partial charge in [0.15, 0.2) is 0 Å². The maximum atomic E-state index is 12.2. The van der Waals surface area contributed by atoms with Gasteiger partial charge in [-0.3, -0.25) is 9.59 Å². The van der Waals surface area contributed by atoms with Crippen LogP contribution in [0.15, 0.2) is 59.5 Å². The Morgan fingerprint density at radius 3 is 2.24 bits per heavy atom. The minimum atomic E-state index is -3.63. The molecule has 0 heterocycles. The predicted molar refractivity (Wildman–Crippen MR) is 111 cm³/mol. The van der Waals surface area contributed by atoms with E-state index in [0.29, 0.717) is 11.3 Å². The van der Waals surface area contributed by atoms with E-state index in [1.807, 2.05) is 0 Å². The van der Waals surface area contributed by atoms with Crippen molar-refractivity contribution in [3.05, 3.63) is 60.2 Å². The maximum Gasteiger partial charge on any atom is 0.251 e. The fourth-order valence-electron chi connectivity index (χ4n) is 3.25. The Morgan fingerprint density at radius 2 is 1.59 bits per heavy atom. The Labute approximate surface area is 171 Å². The van der Waals surface area contributed by atoms with Crippen molar-refractivity contribution in [1.29, 1.82) is 0 Å². The third-order valence-corrected chi connectivity index (χ3v) is 6.30. The molecule has 154 valence electrons. The van der Waals surface area contributed by atoms with Crippen molar-refractivity contribution in [2.75, 3.05) is 11.9 Å². The number of hydrogen-bond acceptors (Lipinski definition) is 4. The van der Waals surface area contributed by atoms with Gasteiger partial charge in [0.05, 0.1) is 4.90 Å². The molecule has 0 bridgehead atoms. The number of amides is 2. The molecule has 1 saturated carbocycles. The summed E-state index contributed by atoms with van der Waals surface area (Å²) in [5.74, 6) is -0.422. The summed E-state index contributed by atoms with van der Waals surface area (Å²) < 4.78 is 26.6. The molecule has 8 heteroatoms. The molecular formula is C21H25N3O4S. The maximum absolute atomic E-state index is 12.2. The molecule has 0 radical (unpaired) electrons. The van der Waals surface area contributed by atoms with E-state index in [0.717, 1.165) is 25.7 Å². The lowest BCUT2D eigenvalue weighted by Crippen LogP contribution is -2.32. The van der Waals surface area contributed by atoms with Crippen molar-refractivity contribution in [1.82, 2.24) is 10.0 Å². The van der Waals surface area contributed by atoms with Crippen molar-refractivity contribution >= 4 is 27.5 Å². The topological polar surface area (TPSA) is 104 Å². The van der Waals surface area contributed by atoms with E-state index in [9.17, 15) is 18.0 Å². The molecule has 3 rings (SSSR count). The van der Waals surface area contributed by atoms with Crippen molar-refractivity contribution in [2.45, 2.75) is 43.0 Å². The summed E-state index contributed by atoms with van der Waals surface area (Å²) in [6.07, 6.45) is 4.34. The van der Waals surface area contributed by atoms with Gasteiger partial charge in [-0.25, -0.2) is 13.1 Å². The van der Waals surface area contributed by atoms with Crippen LogP contribution in [0, 0.1) is 0 Å². The van der Waals surface area contributed by atoms with Gasteiger partial charge in [0, 0.05) is 30.3 Å². The van der Waals surface area contributed by atoms with Crippen LogP contribution in [0.3, 0.4) is 0 Å².